The maximum absolute atomic E-state index is 12.1. The van der Waals surface area contributed by atoms with E-state index in [0.29, 0.717) is 30.0 Å². The molecule has 0 atom stereocenters. The van der Waals surface area contributed by atoms with Crippen LogP contribution in [0.15, 0.2) is 48.5 Å². The van der Waals surface area contributed by atoms with E-state index in [-0.39, 0.29) is 5.75 Å². The number of aryl methyl sites for hydroxylation is 1. The smallest absolute Gasteiger partial charge is 0.314 e. The van der Waals surface area contributed by atoms with Crippen molar-refractivity contribution < 1.29 is 18.0 Å². The Morgan fingerprint density at radius 3 is 2.26 bits per heavy atom. The molecule has 2 amide bonds. The number of nitrogens with zero attached hydrogens (tertiary/aromatic N) is 1. The first-order valence-corrected chi connectivity index (χ1v) is 10.3. The number of hydrogen-bond acceptors (Lipinski definition) is 4. The third kappa shape index (κ3) is 4.46. The van der Waals surface area contributed by atoms with Crippen molar-refractivity contribution in [1.29, 1.82) is 0 Å². The van der Waals surface area contributed by atoms with Gasteiger partial charge in [0.25, 0.3) is 0 Å². The van der Waals surface area contributed by atoms with E-state index in [2.05, 4.69) is 10.6 Å². The minimum Gasteiger partial charge on any atom is -0.318 e. The minimum absolute atomic E-state index is 0.114. The van der Waals surface area contributed by atoms with Crippen LogP contribution >= 0.6 is 0 Å². The third-order valence-corrected chi connectivity index (χ3v) is 6.19. The van der Waals surface area contributed by atoms with Crippen molar-refractivity contribution in [2.45, 2.75) is 19.8 Å². The first kappa shape index (κ1) is 18.9. The zero-order valence-corrected chi connectivity index (χ0v) is 15.8. The molecular weight excluding hydrogens is 366 g/mol. The SMILES string of the molecule is CCc1ccc(NC(=O)C(=O)Nc2cccc(N3CCCS3(=O)=O)c2)cc1. The Bertz CT molecular complexity index is 955. The summed E-state index contributed by atoms with van der Waals surface area (Å²) in [6, 6.07) is 13.7. The van der Waals surface area contributed by atoms with Crippen LogP contribution < -0.4 is 14.9 Å². The number of carbonyl (C=O) groups is 2. The van der Waals surface area contributed by atoms with Gasteiger partial charge in [-0.05, 0) is 48.7 Å². The molecule has 0 saturated carbocycles. The molecule has 0 bridgehead atoms. The van der Waals surface area contributed by atoms with E-state index >= 15 is 0 Å². The Morgan fingerprint density at radius 2 is 1.67 bits per heavy atom. The fourth-order valence-corrected chi connectivity index (χ4v) is 4.42. The second-order valence-electron chi connectivity index (χ2n) is 6.25. The lowest BCUT2D eigenvalue weighted by molar-refractivity contribution is -0.132. The van der Waals surface area contributed by atoms with Crippen LogP contribution in [0.5, 0.6) is 0 Å². The average molecular weight is 387 g/mol. The fraction of sp³-hybridized carbons (Fsp3) is 0.263. The molecule has 8 heteroatoms. The van der Waals surface area contributed by atoms with Gasteiger partial charge in [0.05, 0.1) is 11.4 Å². The van der Waals surface area contributed by atoms with Gasteiger partial charge in [-0.3, -0.25) is 13.9 Å². The van der Waals surface area contributed by atoms with Gasteiger partial charge in [-0.25, -0.2) is 8.42 Å². The number of amides is 2. The number of anilines is 3. The van der Waals surface area contributed by atoms with E-state index in [1.165, 1.54) is 4.31 Å². The molecule has 0 radical (unpaired) electrons. The molecule has 1 saturated heterocycles. The van der Waals surface area contributed by atoms with E-state index < -0.39 is 21.8 Å². The number of hydrogen-bond donors (Lipinski definition) is 2. The van der Waals surface area contributed by atoms with Gasteiger partial charge >= 0.3 is 11.8 Å². The van der Waals surface area contributed by atoms with E-state index in [1.54, 1.807) is 36.4 Å². The molecule has 0 aliphatic carbocycles. The van der Waals surface area contributed by atoms with Gasteiger partial charge in [0.15, 0.2) is 0 Å². The summed E-state index contributed by atoms with van der Waals surface area (Å²) in [5, 5.41) is 5.04. The predicted molar refractivity (Wildman–Crippen MR) is 105 cm³/mol. The van der Waals surface area contributed by atoms with Crippen LogP contribution in [-0.2, 0) is 26.0 Å². The number of benzene rings is 2. The standard InChI is InChI=1S/C19H21N3O4S/c1-2-14-7-9-15(10-8-14)20-18(23)19(24)21-16-5-3-6-17(13-16)22-11-4-12-27(22,25)26/h3,5-10,13H,2,4,11-12H2,1H3,(H,20,23)(H,21,24). The minimum atomic E-state index is -3.31. The summed E-state index contributed by atoms with van der Waals surface area (Å²) in [4.78, 5) is 24.2. The van der Waals surface area contributed by atoms with Gasteiger partial charge in [-0.15, -0.1) is 0 Å². The molecule has 7 nitrogen and oxygen atoms in total. The maximum atomic E-state index is 12.1. The Kier molecular flexibility index (Phi) is 5.46. The van der Waals surface area contributed by atoms with Crippen molar-refractivity contribution in [3.8, 4) is 0 Å². The lowest BCUT2D eigenvalue weighted by Gasteiger charge is -2.17. The first-order chi connectivity index (χ1) is 12.9. The van der Waals surface area contributed by atoms with Gasteiger partial charge in [-0.2, -0.15) is 0 Å². The molecule has 2 aromatic rings. The second kappa shape index (κ2) is 7.79. The molecule has 0 unspecified atom stereocenters. The van der Waals surface area contributed by atoms with Gasteiger partial charge < -0.3 is 10.6 Å². The zero-order chi connectivity index (χ0) is 19.4. The zero-order valence-electron chi connectivity index (χ0n) is 14.9. The Balaban J connectivity index is 1.66. The summed E-state index contributed by atoms with van der Waals surface area (Å²) >= 11 is 0. The number of sulfonamides is 1. The van der Waals surface area contributed by atoms with Crippen LogP contribution in [0.25, 0.3) is 0 Å². The summed E-state index contributed by atoms with van der Waals surface area (Å²) in [6.07, 6.45) is 1.45. The van der Waals surface area contributed by atoms with Crippen LogP contribution in [0.4, 0.5) is 17.1 Å². The summed E-state index contributed by atoms with van der Waals surface area (Å²) in [5.41, 5.74) is 2.49. The van der Waals surface area contributed by atoms with E-state index in [1.807, 2.05) is 19.1 Å². The van der Waals surface area contributed by atoms with E-state index in [0.717, 1.165) is 12.0 Å². The highest BCUT2D eigenvalue weighted by atomic mass is 32.2. The highest BCUT2D eigenvalue weighted by Crippen LogP contribution is 2.26. The van der Waals surface area contributed by atoms with Gasteiger partial charge in [0.1, 0.15) is 0 Å². The molecule has 27 heavy (non-hydrogen) atoms. The molecule has 2 N–H and O–H groups in total. The van der Waals surface area contributed by atoms with E-state index in [9.17, 15) is 18.0 Å². The van der Waals surface area contributed by atoms with Gasteiger partial charge in [0, 0.05) is 17.9 Å². The largest absolute Gasteiger partial charge is 0.318 e. The van der Waals surface area contributed by atoms with Crippen molar-refractivity contribution in [3.63, 3.8) is 0 Å². The summed E-state index contributed by atoms with van der Waals surface area (Å²) < 4.78 is 25.4. The molecule has 2 aromatic carbocycles. The highest BCUT2D eigenvalue weighted by molar-refractivity contribution is 7.93. The Labute approximate surface area is 158 Å². The number of rotatable bonds is 4. The van der Waals surface area contributed by atoms with Crippen molar-refractivity contribution in [2.24, 2.45) is 0 Å². The topological polar surface area (TPSA) is 95.6 Å². The fourth-order valence-electron chi connectivity index (χ4n) is 2.87. The van der Waals surface area contributed by atoms with Crippen LogP contribution in [0.3, 0.4) is 0 Å². The van der Waals surface area contributed by atoms with Crippen molar-refractivity contribution >= 4 is 38.9 Å². The van der Waals surface area contributed by atoms with Crippen molar-refractivity contribution in [2.75, 3.05) is 27.2 Å². The predicted octanol–water partition coefficient (Wildman–Crippen LogP) is 2.37. The van der Waals surface area contributed by atoms with Crippen molar-refractivity contribution in [3.05, 3.63) is 54.1 Å². The summed E-state index contributed by atoms with van der Waals surface area (Å²) in [6.45, 7) is 2.44. The molecule has 1 fully saturated rings. The second-order valence-corrected chi connectivity index (χ2v) is 8.26. The lowest BCUT2D eigenvalue weighted by Crippen LogP contribution is -2.29. The quantitative estimate of drug-likeness (QED) is 0.788. The monoisotopic (exact) mass is 387 g/mol. The van der Waals surface area contributed by atoms with Crippen LogP contribution in [0.2, 0.25) is 0 Å². The summed E-state index contributed by atoms with van der Waals surface area (Å²) in [5.74, 6) is -1.50. The Morgan fingerprint density at radius 1 is 1.00 bits per heavy atom. The van der Waals surface area contributed by atoms with Gasteiger partial charge in [0.2, 0.25) is 10.0 Å². The third-order valence-electron chi connectivity index (χ3n) is 4.32. The van der Waals surface area contributed by atoms with Crippen LogP contribution in [0, 0.1) is 0 Å². The average Bonchev–Trinajstić information content (AvgIpc) is 3.01. The highest BCUT2D eigenvalue weighted by Gasteiger charge is 2.28. The molecule has 0 spiro atoms. The molecule has 1 heterocycles. The molecule has 0 aromatic heterocycles. The Hall–Kier alpha value is -2.87. The van der Waals surface area contributed by atoms with Crippen molar-refractivity contribution in [1.82, 2.24) is 0 Å². The maximum Gasteiger partial charge on any atom is 0.314 e. The molecule has 1 aliphatic heterocycles. The van der Waals surface area contributed by atoms with Crippen LogP contribution in [-0.4, -0.2) is 32.5 Å². The van der Waals surface area contributed by atoms with Crippen LogP contribution in [0.1, 0.15) is 18.9 Å². The molecule has 142 valence electrons. The normalized spacial score (nSPS) is 15.4. The van der Waals surface area contributed by atoms with E-state index in [4.69, 9.17) is 0 Å². The number of nitrogens with one attached hydrogen (secondary N) is 2. The molecular formula is C19H21N3O4S. The number of carbonyl (C=O) groups excluding carboxylic acids is 2. The first-order valence-electron chi connectivity index (χ1n) is 8.71. The molecule has 1 aliphatic rings. The lowest BCUT2D eigenvalue weighted by atomic mass is 10.1. The van der Waals surface area contributed by atoms with Gasteiger partial charge in [-0.1, -0.05) is 25.1 Å². The summed E-state index contributed by atoms with van der Waals surface area (Å²) in [7, 11) is -3.31. The molecule has 3 rings (SSSR count).